The molecule has 592 valence electrons. The quantitative estimate of drug-likeness (QED) is 0.0243. The number of aromatic hydroxyl groups is 1. The monoisotopic (exact) mass is 1540 g/mol. The first-order valence-electron chi connectivity index (χ1n) is 37.7. The van der Waals surface area contributed by atoms with E-state index in [2.05, 4.69) is 84.1 Å². The number of carbonyl (C=O) groups excluding carboxylic acids is 11. The Morgan fingerprint density at radius 3 is 1.55 bits per heavy atom. The number of pyridine rings is 1. The van der Waals surface area contributed by atoms with Crippen LogP contribution in [-0.2, 0) is 78.4 Å². The van der Waals surface area contributed by atoms with E-state index in [1.165, 1.54) is 55.4 Å². The van der Waals surface area contributed by atoms with Crippen LogP contribution in [0.4, 0.5) is 0 Å². The van der Waals surface area contributed by atoms with Gasteiger partial charge in [-0.05, 0) is 147 Å². The van der Waals surface area contributed by atoms with Gasteiger partial charge >= 0.3 is 0 Å². The number of carbonyl (C=O) groups is 11. The van der Waals surface area contributed by atoms with Gasteiger partial charge in [-0.15, -0.1) is 0 Å². The second-order valence-corrected chi connectivity index (χ2v) is 28.8. The number of unbranched alkanes of at least 4 members (excludes halogenated alkanes) is 2. The average molecular weight is 1540 g/mol. The molecule has 0 spiro atoms. The molecule has 1 saturated heterocycles. The zero-order valence-corrected chi connectivity index (χ0v) is 63.5. The molecule has 4 aromatic carbocycles. The molecule has 110 heavy (non-hydrogen) atoms. The summed E-state index contributed by atoms with van der Waals surface area (Å²) in [6.07, 6.45) is 6.83. The molecule has 5 aromatic rings. The average Bonchev–Trinajstić information content (AvgIpc) is 1.54. The van der Waals surface area contributed by atoms with Crippen molar-refractivity contribution in [3.05, 3.63) is 143 Å². The number of phenolic OH excluding ortho intramolecular Hbond substituents is 1. The fourth-order valence-electron chi connectivity index (χ4n) is 13.0. The number of amides is 11. The van der Waals surface area contributed by atoms with E-state index in [1.807, 2.05) is 56.3 Å². The Hall–Kier alpha value is -10.9. The molecular weight excluding hydrogens is 1430 g/mol. The lowest BCUT2D eigenvalue weighted by atomic mass is 9.99. The number of guanidine groups is 2. The van der Waals surface area contributed by atoms with Crippen molar-refractivity contribution >= 4 is 99.3 Å². The van der Waals surface area contributed by atoms with Gasteiger partial charge in [0.2, 0.25) is 65.0 Å². The van der Waals surface area contributed by atoms with E-state index in [9.17, 15) is 53.4 Å². The van der Waals surface area contributed by atoms with Crippen LogP contribution in [0.15, 0.2) is 126 Å². The first-order chi connectivity index (χ1) is 52.9. The molecule has 0 radical (unpaired) electrons. The number of primary amides is 1. The topological polar surface area (TPSA) is 451 Å². The summed E-state index contributed by atoms with van der Waals surface area (Å²) in [7, 11) is 0. The molecular formula is C78H105ClN18O13. The Balaban J connectivity index is 1.03. The van der Waals surface area contributed by atoms with Crippen molar-refractivity contribution in [3.63, 3.8) is 0 Å². The third kappa shape index (κ3) is 27.3. The van der Waals surface area contributed by atoms with Crippen LogP contribution in [0, 0.1) is 5.92 Å². The van der Waals surface area contributed by atoms with Gasteiger partial charge in [0.05, 0.1) is 6.61 Å². The van der Waals surface area contributed by atoms with Gasteiger partial charge < -0.3 is 90.0 Å². The van der Waals surface area contributed by atoms with Crippen molar-refractivity contribution in [2.45, 2.75) is 184 Å². The van der Waals surface area contributed by atoms with Crippen molar-refractivity contribution in [2.24, 2.45) is 21.6 Å². The fraction of sp³-hybridized carbons (Fsp3) is 0.487. The predicted molar refractivity (Wildman–Crippen MR) is 415 cm³/mol. The summed E-state index contributed by atoms with van der Waals surface area (Å²) in [5.41, 5.74) is 7.62. The number of nitrogens with zero attached hydrogens (tertiary/aromatic N) is 4. The minimum atomic E-state index is -1.81. The highest BCUT2D eigenvalue weighted by Gasteiger charge is 2.40. The highest BCUT2D eigenvalue weighted by Crippen LogP contribution is 2.23. The number of fused-ring (bicyclic) bond motifs is 1. The molecule has 0 bridgehead atoms. The van der Waals surface area contributed by atoms with E-state index in [4.69, 9.17) is 17.3 Å². The van der Waals surface area contributed by atoms with Gasteiger partial charge in [0.25, 0.3) is 0 Å². The molecule has 3 aliphatic heterocycles. The lowest BCUT2D eigenvalue weighted by molar-refractivity contribution is -0.142. The van der Waals surface area contributed by atoms with Crippen LogP contribution in [-0.4, -0.2) is 210 Å². The summed E-state index contributed by atoms with van der Waals surface area (Å²) in [4.78, 5) is 172. The van der Waals surface area contributed by atoms with E-state index in [-0.39, 0.29) is 69.6 Å². The molecule has 32 heteroatoms. The first kappa shape index (κ1) is 84.7. The fourth-order valence-corrected chi connectivity index (χ4v) is 13.2. The maximum atomic E-state index is 15.2. The highest BCUT2D eigenvalue weighted by molar-refractivity contribution is 6.30. The third-order valence-corrected chi connectivity index (χ3v) is 19.2. The summed E-state index contributed by atoms with van der Waals surface area (Å²) in [5, 5.41) is 61.2. The second-order valence-electron chi connectivity index (χ2n) is 28.3. The van der Waals surface area contributed by atoms with Crippen LogP contribution in [0.5, 0.6) is 5.75 Å². The van der Waals surface area contributed by atoms with Gasteiger partial charge in [-0.3, -0.25) is 67.7 Å². The summed E-state index contributed by atoms with van der Waals surface area (Å²) in [6, 6.07) is 15.4. The van der Waals surface area contributed by atoms with E-state index in [0.717, 1.165) is 42.3 Å². The minimum Gasteiger partial charge on any atom is -0.508 e. The predicted octanol–water partition coefficient (Wildman–Crippen LogP) is 1.00. The van der Waals surface area contributed by atoms with Gasteiger partial charge in [-0.25, -0.2) is 0 Å². The number of likely N-dealkylation sites (tertiary alicyclic amines) is 1. The number of halogens is 1. The molecule has 0 saturated carbocycles. The number of aliphatic hydroxyl groups is 1. The normalized spacial score (nSPS) is 16.5. The van der Waals surface area contributed by atoms with Crippen LogP contribution in [0.2, 0.25) is 5.02 Å². The van der Waals surface area contributed by atoms with Crippen LogP contribution >= 0.6 is 11.6 Å². The largest absolute Gasteiger partial charge is 0.508 e. The molecule has 31 nitrogen and oxygen atoms in total. The first-order valence-corrected chi connectivity index (χ1v) is 38.1. The zero-order valence-electron chi connectivity index (χ0n) is 62.7. The molecule has 8 rings (SSSR count). The number of aliphatic imine (C=N–C) groups is 2. The lowest BCUT2D eigenvalue weighted by Crippen LogP contribution is -2.61. The molecule has 3 aliphatic rings. The number of hydrogen-bond acceptors (Lipinski definition) is 20. The van der Waals surface area contributed by atoms with E-state index in [0.29, 0.717) is 91.9 Å². The number of hydrogen-bond donors (Lipinski definition) is 16. The number of benzene rings is 4. The second kappa shape index (κ2) is 43.3. The van der Waals surface area contributed by atoms with Crippen LogP contribution in [0.25, 0.3) is 10.8 Å². The number of aromatic nitrogens is 1. The maximum absolute atomic E-state index is 15.2. The van der Waals surface area contributed by atoms with Crippen molar-refractivity contribution < 1.29 is 63.0 Å². The lowest BCUT2D eigenvalue weighted by Gasteiger charge is -2.31. The number of rotatable bonds is 40. The minimum absolute atomic E-state index is 0.0102. The van der Waals surface area contributed by atoms with Crippen molar-refractivity contribution in [1.29, 1.82) is 0 Å². The van der Waals surface area contributed by atoms with Crippen molar-refractivity contribution in [2.75, 3.05) is 52.4 Å². The van der Waals surface area contributed by atoms with Crippen LogP contribution in [0.3, 0.4) is 0 Å². The van der Waals surface area contributed by atoms with Crippen LogP contribution in [0.1, 0.15) is 121 Å². The molecule has 1 fully saturated rings. The molecule has 0 aliphatic carbocycles. The number of aliphatic hydroxyl groups excluding tert-OH is 1. The Kier molecular flexibility index (Phi) is 33.3. The maximum Gasteiger partial charge on any atom is 0.245 e. The SMILES string of the molecule is CC(=O)N[C@H](Cc1ccc2ccccc2c1)C(=O)N[C@H](Cc1ccc(Cl)cc1)C(=O)N[C@H](Cc1cccnc1)C(=O)N[C@@H](CO)C(=O)N[C@@H](Cc1ccc(O)cc1)C(=O)N[C@H](CCCCNC1=NCCCN1)C(=O)N[C@@H](CC(C)C)C(=O)N[C@@H](CCCCNC1=NCCCN1)C(=O)N1CCC[C@H]1C(=O)N[C@H](C)C(N)=O. The van der Waals surface area contributed by atoms with E-state index >= 15 is 9.59 Å². The van der Waals surface area contributed by atoms with Gasteiger partial charge in [0, 0.05) is 95.8 Å². The highest BCUT2D eigenvalue weighted by atomic mass is 35.5. The third-order valence-electron chi connectivity index (χ3n) is 19.0. The summed E-state index contributed by atoms with van der Waals surface area (Å²) >= 11 is 6.26. The molecule has 0 unspecified atom stereocenters. The Labute approximate surface area is 645 Å². The number of nitrogens with one attached hydrogen (secondary N) is 13. The Bertz CT molecular complexity index is 4020. The molecule has 11 amide bonds. The van der Waals surface area contributed by atoms with Gasteiger partial charge in [-0.1, -0.05) is 98.2 Å². The van der Waals surface area contributed by atoms with Crippen molar-refractivity contribution in [1.82, 2.24) is 79.0 Å². The standard InChI is InChI=1S/C78H105ClN18O13/c1-47(2)39-60(69(103)91-59(19-8-10-33-83-78-86-36-14-37-87-78)76(110)97-38-12-20-66(97)75(109)88-48(3)67(80)101)92-68(102)58(18-7-9-32-82-77-84-34-13-35-85-77)90-71(105)62(42-51-24-29-57(100)30-25-51)95-74(108)65(46-98)96-73(107)64(44-53-15-11-31-81-45-53)94-72(106)63(41-50-22-27-56(79)28-23-50)93-70(104)61(89-49(4)99)43-52-21-26-54-16-5-6-17-55(54)40-52/h5-6,11,15-17,21-31,40,45,47-48,58-66,98,100H,7-10,12-14,18-20,32-39,41-44,46H2,1-4H3,(H2,80,101)(H,88,109)(H,89,99)(H,90,105)(H,91,103)(H,92,102)(H,93,104)(H,94,106)(H,95,108)(H,96,107)(H2,82,84,85)(H2,83,86,87)/t48-,58-,59+,60+,61-,62+,63-,64-,65+,66+/m1/s1. The summed E-state index contributed by atoms with van der Waals surface area (Å²) < 4.78 is 0. The van der Waals surface area contributed by atoms with E-state index in [1.54, 1.807) is 36.4 Å². The van der Waals surface area contributed by atoms with Crippen LogP contribution < -0.4 is 74.9 Å². The summed E-state index contributed by atoms with van der Waals surface area (Å²) in [6.45, 7) is 9.23. The van der Waals surface area contributed by atoms with Gasteiger partial charge in [0.1, 0.15) is 66.2 Å². The van der Waals surface area contributed by atoms with Gasteiger partial charge in [-0.2, -0.15) is 0 Å². The van der Waals surface area contributed by atoms with E-state index < -0.39 is 132 Å². The smallest absolute Gasteiger partial charge is 0.245 e. The molecule has 4 heterocycles. The summed E-state index contributed by atoms with van der Waals surface area (Å²) in [5.74, 6) is -7.51. The Morgan fingerprint density at radius 1 is 0.536 bits per heavy atom. The molecule has 17 N–H and O–H groups in total. The number of nitrogens with two attached hydrogens (primary N) is 1. The Morgan fingerprint density at radius 2 is 1.02 bits per heavy atom. The zero-order chi connectivity index (χ0) is 79.1. The van der Waals surface area contributed by atoms with Gasteiger partial charge in [0.15, 0.2) is 11.9 Å². The number of phenols is 1. The molecule has 10 atom stereocenters. The van der Waals surface area contributed by atoms with Crippen molar-refractivity contribution in [3.8, 4) is 5.75 Å². The molecule has 1 aromatic heterocycles.